The number of Topliss-reactive ketones (excluding diaryl/α,β-unsaturated/α-hetero) is 4. The molecule has 358 valence electrons. The van der Waals surface area contributed by atoms with Gasteiger partial charge in [-0.25, -0.2) is 0 Å². The quantitative estimate of drug-likeness (QED) is 0.0462. The first-order valence-corrected chi connectivity index (χ1v) is 24.8. The maximum absolute atomic E-state index is 13.6. The van der Waals surface area contributed by atoms with Crippen LogP contribution < -0.4 is 0 Å². The fraction of sp³-hybridized carbons (Fsp3) is 0.517. The van der Waals surface area contributed by atoms with Crippen molar-refractivity contribution in [2.45, 2.75) is 196 Å². The Morgan fingerprint density at radius 3 is 1.00 bits per heavy atom. The van der Waals surface area contributed by atoms with Crippen molar-refractivity contribution in [2.75, 3.05) is 0 Å². The molecule has 0 amide bonds. The number of carbonyl (C=O) groups is 4. The maximum atomic E-state index is 13.6. The summed E-state index contributed by atoms with van der Waals surface area (Å²) in [6, 6.07) is 15.7. The van der Waals surface area contributed by atoms with E-state index in [0.29, 0.717) is 81.9 Å². The van der Waals surface area contributed by atoms with Crippen LogP contribution in [0.3, 0.4) is 0 Å². The Kier molecular flexibility index (Phi) is 20.3. The van der Waals surface area contributed by atoms with E-state index in [1.165, 1.54) is 0 Å². The normalized spacial score (nSPS) is 13.3. The lowest BCUT2D eigenvalue weighted by atomic mass is 9.85. The fourth-order valence-corrected chi connectivity index (χ4v) is 9.46. The zero-order valence-electron chi connectivity index (χ0n) is 41.7. The molecule has 8 heteroatoms. The molecule has 4 unspecified atom stereocenters. The van der Waals surface area contributed by atoms with Gasteiger partial charge >= 0.3 is 0 Å². The molecule has 8 nitrogen and oxygen atoms in total. The molecule has 0 aliphatic heterocycles. The number of aryl methyl sites for hydroxylation is 8. The fourth-order valence-electron chi connectivity index (χ4n) is 9.46. The minimum absolute atomic E-state index is 0.0121. The van der Waals surface area contributed by atoms with Gasteiger partial charge in [-0.05, 0) is 142 Å². The highest BCUT2D eigenvalue weighted by molar-refractivity contribution is 5.81. The van der Waals surface area contributed by atoms with Gasteiger partial charge in [-0.3, -0.25) is 19.2 Å². The summed E-state index contributed by atoms with van der Waals surface area (Å²) in [5.74, 6) is 0.735. The lowest BCUT2D eigenvalue weighted by Gasteiger charge is -2.20. The van der Waals surface area contributed by atoms with Crippen molar-refractivity contribution in [2.24, 2.45) is 0 Å². The van der Waals surface area contributed by atoms with E-state index in [2.05, 4.69) is 0 Å². The summed E-state index contributed by atoms with van der Waals surface area (Å²) in [7, 11) is 0. The lowest BCUT2D eigenvalue weighted by Crippen LogP contribution is -2.10. The SMILES string of the molecule is CCC(=O)CC(C)c1cc(CC)c(O)c(C(C)CC(=O)CCc2cc(CC)c(O)c(C(C)CC(=O)CCc3cc(CC)c(O)c(C(C)CC(=O)CCc4cc(CC)c(O)c(CC)c4)c3)c2)c1. The third kappa shape index (κ3) is 14.1. The molecule has 0 heterocycles. The Labute approximate surface area is 395 Å². The van der Waals surface area contributed by atoms with Gasteiger partial charge in [0.05, 0.1) is 0 Å². The van der Waals surface area contributed by atoms with E-state index >= 15 is 0 Å². The van der Waals surface area contributed by atoms with Crippen molar-refractivity contribution in [1.29, 1.82) is 0 Å². The first-order valence-electron chi connectivity index (χ1n) is 24.8. The van der Waals surface area contributed by atoms with Crippen molar-refractivity contribution in [1.82, 2.24) is 0 Å². The van der Waals surface area contributed by atoms with E-state index in [9.17, 15) is 39.6 Å². The van der Waals surface area contributed by atoms with Gasteiger partial charge in [0, 0.05) is 51.4 Å². The standard InChI is InChI=1S/C58H78O8/c1-11-42-27-39(28-43(12-2)55(42)63)17-20-49(60)24-36(8)52-31-40(29-44(13-3)56(52)64)18-21-50(61)25-37(9)53-32-41(30-45(14-4)57(53)65)19-22-51(62)26-38(10)54-34-47(33-46(15-5)58(54)66)35(7)23-48(59)16-6/h27-38,63-66H,11-26H2,1-10H3. The van der Waals surface area contributed by atoms with Gasteiger partial charge in [0.2, 0.25) is 0 Å². The molecular weight excluding hydrogens is 825 g/mol. The molecule has 0 fully saturated rings. The van der Waals surface area contributed by atoms with Gasteiger partial charge in [-0.2, -0.15) is 0 Å². The summed E-state index contributed by atoms with van der Waals surface area (Å²) >= 11 is 0. The topological polar surface area (TPSA) is 149 Å². The summed E-state index contributed by atoms with van der Waals surface area (Å²) in [4.78, 5) is 52.5. The Morgan fingerprint density at radius 1 is 0.379 bits per heavy atom. The van der Waals surface area contributed by atoms with Crippen LogP contribution in [0.5, 0.6) is 23.0 Å². The molecule has 0 radical (unpaired) electrons. The molecule has 4 N–H and O–H groups in total. The highest BCUT2D eigenvalue weighted by Gasteiger charge is 2.23. The molecule has 4 aromatic carbocycles. The largest absolute Gasteiger partial charge is 0.507 e. The molecule has 0 bridgehead atoms. The molecule has 0 saturated heterocycles. The van der Waals surface area contributed by atoms with Crippen LogP contribution in [0.15, 0.2) is 48.5 Å². The number of aromatic hydroxyl groups is 4. The van der Waals surface area contributed by atoms with Crippen LogP contribution in [0, 0.1) is 0 Å². The monoisotopic (exact) mass is 903 g/mol. The molecule has 4 rings (SSSR count). The summed E-state index contributed by atoms with van der Waals surface area (Å²) in [6.07, 6.45) is 7.53. The van der Waals surface area contributed by atoms with E-state index in [-0.39, 0.29) is 83.3 Å². The first kappa shape index (κ1) is 53.4. The molecule has 0 aromatic heterocycles. The highest BCUT2D eigenvalue weighted by Crippen LogP contribution is 2.38. The van der Waals surface area contributed by atoms with Crippen LogP contribution in [0.2, 0.25) is 0 Å². The van der Waals surface area contributed by atoms with Crippen LogP contribution in [0.25, 0.3) is 0 Å². The number of hydrogen-bond donors (Lipinski definition) is 4. The molecule has 0 saturated carbocycles. The predicted octanol–water partition coefficient (Wildman–Crippen LogP) is 12.9. The van der Waals surface area contributed by atoms with E-state index in [1.54, 1.807) is 0 Å². The average Bonchev–Trinajstić information content (AvgIpc) is 3.29. The van der Waals surface area contributed by atoms with Crippen molar-refractivity contribution in [3.05, 3.63) is 115 Å². The van der Waals surface area contributed by atoms with Crippen LogP contribution in [-0.2, 0) is 70.5 Å². The number of ketones is 4. The summed E-state index contributed by atoms with van der Waals surface area (Å²) in [6.45, 7) is 19.7. The van der Waals surface area contributed by atoms with Crippen molar-refractivity contribution >= 4 is 23.1 Å². The highest BCUT2D eigenvalue weighted by atomic mass is 16.3. The zero-order chi connectivity index (χ0) is 48.8. The molecule has 0 spiro atoms. The second kappa shape index (κ2) is 25.0. The third-order valence-corrected chi connectivity index (χ3v) is 13.8. The number of phenolic OH excluding ortho intramolecular Hbond substituents is 4. The van der Waals surface area contributed by atoms with Crippen molar-refractivity contribution < 1.29 is 39.6 Å². The molecular formula is C58H78O8. The second-order valence-corrected chi connectivity index (χ2v) is 19.0. The second-order valence-electron chi connectivity index (χ2n) is 19.0. The number of benzene rings is 4. The Bertz CT molecular complexity index is 2310. The van der Waals surface area contributed by atoms with Gasteiger partial charge in [0.1, 0.15) is 46.1 Å². The molecule has 0 aliphatic rings. The van der Waals surface area contributed by atoms with Crippen LogP contribution in [-0.4, -0.2) is 43.6 Å². The predicted molar refractivity (Wildman–Crippen MR) is 267 cm³/mol. The smallest absolute Gasteiger partial charge is 0.133 e. The van der Waals surface area contributed by atoms with Crippen molar-refractivity contribution in [3.8, 4) is 23.0 Å². The Morgan fingerprint density at radius 2 is 0.667 bits per heavy atom. The van der Waals surface area contributed by atoms with E-state index in [4.69, 9.17) is 0 Å². The summed E-state index contributed by atoms with van der Waals surface area (Å²) < 4.78 is 0. The molecule has 4 atom stereocenters. The average molecular weight is 903 g/mol. The van der Waals surface area contributed by atoms with Crippen LogP contribution in [0.4, 0.5) is 0 Å². The molecule has 66 heavy (non-hydrogen) atoms. The number of hydrogen-bond acceptors (Lipinski definition) is 8. The Balaban J connectivity index is 1.38. The number of rotatable bonds is 27. The lowest BCUT2D eigenvalue weighted by molar-refractivity contribution is -0.120. The van der Waals surface area contributed by atoms with Gasteiger partial charge in [0.15, 0.2) is 0 Å². The van der Waals surface area contributed by atoms with E-state index in [0.717, 1.165) is 74.0 Å². The summed E-state index contributed by atoms with van der Waals surface area (Å²) in [5.41, 5.74) is 10.2. The maximum Gasteiger partial charge on any atom is 0.133 e. The minimum Gasteiger partial charge on any atom is -0.507 e. The molecule has 4 aromatic rings. The third-order valence-electron chi connectivity index (χ3n) is 13.8. The van der Waals surface area contributed by atoms with Gasteiger partial charge in [-0.1, -0.05) is 118 Å². The number of carbonyl (C=O) groups excluding carboxylic acids is 4. The van der Waals surface area contributed by atoms with Gasteiger partial charge in [0.25, 0.3) is 0 Å². The van der Waals surface area contributed by atoms with E-state index in [1.807, 2.05) is 118 Å². The number of phenols is 4. The molecule has 0 aliphatic carbocycles. The van der Waals surface area contributed by atoms with Crippen LogP contribution >= 0.6 is 0 Å². The minimum atomic E-state index is -0.257. The zero-order valence-corrected chi connectivity index (χ0v) is 41.7. The van der Waals surface area contributed by atoms with Gasteiger partial charge in [-0.15, -0.1) is 0 Å². The summed E-state index contributed by atoms with van der Waals surface area (Å²) in [5, 5.41) is 44.2. The van der Waals surface area contributed by atoms with Crippen LogP contribution in [0.1, 0.15) is 211 Å². The first-order chi connectivity index (χ1) is 31.4. The van der Waals surface area contributed by atoms with Crippen molar-refractivity contribution in [3.63, 3.8) is 0 Å². The Hall–Kier alpha value is -5.24. The van der Waals surface area contributed by atoms with Gasteiger partial charge < -0.3 is 20.4 Å². The van der Waals surface area contributed by atoms with E-state index < -0.39 is 0 Å².